The van der Waals surface area contributed by atoms with Gasteiger partial charge in [0.1, 0.15) is 6.67 Å². The maximum atomic E-state index is 4.85. The molecule has 0 aromatic carbocycles. The van der Waals surface area contributed by atoms with Crippen LogP contribution < -0.4 is 5.32 Å². The molecule has 0 amide bonds. The number of nitrogens with zero attached hydrogens (tertiary/aromatic N) is 2. The van der Waals surface area contributed by atoms with E-state index in [2.05, 4.69) is 10.3 Å². The number of nitrogens with one attached hydrogen (secondary N) is 1. The van der Waals surface area contributed by atoms with Gasteiger partial charge >= 0.3 is 0 Å². The van der Waals surface area contributed by atoms with Crippen molar-refractivity contribution in [1.82, 2.24) is 10.2 Å². The fourth-order valence-corrected chi connectivity index (χ4v) is 0.549. The van der Waals surface area contributed by atoms with Gasteiger partial charge in [0.25, 0.3) is 0 Å². The van der Waals surface area contributed by atoms with Crippen molar-refractivity contribution in [3.63, 3.8) is 0 Å². The van der Waals surface area contributed by atoms with E-state index in [0.717, 1.165) is 5.11 Å². The predicted octanol–water partition coefficient (Wildman–Crippen LogP) is -0.208. The minimum absolute atomic E-state index is 0.672. The van der Waals surface area contributed by atoms with Crippen molar-refractivity contribution in [3.8, 4) is 0 Å². The summed E-state index contributed by atoms with van der Waals surface area (Å²) in [5.41, 5.74) is 0. The lowest BCUT2D eigenvalue weighted by atomic mass is 10.7. The topological polar surface area (TPSA) is 27.6 Å². The van der Waals surface area contributed by atoms with E-state index in [0.29, 0.717) is 6.67 Å². The molecule has 1 heterocycles. The first-order chi connectivity index (χ1) is 3.80. The molecule has 0 saturated carbocycles. The molecular weight excluding hydrogens is 122 g/mol. The van der Waals surface area contributed by atoms with Gasteiger partial charge < -0.3 is 10.2 Å². The van der Waals surface area contributed by atoms with E-state index in [-0.39, 0.29) is 0 Å². The molecule has 1 rings (SSSR count). The van der Waals surface area contributed by atoms with Crippen LogP contribution in [0.15, 0.2) is 4.99 Å². The molecule has 0 aliphatic carbocycles. The van der Waals surface area contributed by atoms with Crippen molar-refractivity contribution < 1.29 is 0 Å². The van der Waals surface area contributed by atoms with Crippen molar-refractivity contribution >= 4 is 23.7 Å². The first-order valence-electron chi connectivity index (χ1n) is 2.30. The van der Waals surface area contributed by atoms with Gasteiger partial charge in [-0.05, 0) is 12.2 Å². The Hall–Kier alpha value is -0.640. The molecule has 8 heavy (non-hydrogen) atoms. The zero-order valence-corrected chi connectivity index (χ0v) is 5.40. The zero-order chi connectivity index (χ0) is 5.98. The molecule has 0 spiro atoms. The minimum Gasteiger partial charge on any atom is -0.332 e. The maximum absolute atomic E-state index is 4.85. The van der Waals surface area contributed by atoms with Gasteiger partial charge in [0, 0.05) is 7.05 Å². The first kappa shape index (κ1) is 5.50. The standard InChI is InChI=1S/C4H7N3S/c1-7-3-5-2-6-4(7)8/h2H,3H2,1H3,(H,5,6,8). The number of rotatable bonds is 0. The minimum atomic E-state index is 0.672. The van der Waals surface area contributed by atoms with Crippen LogP contribution in [0.5, 0.6) is 0 Å². The van der Waals surface area contributed by atoms with Crippen LogP contribution in [0.1, 0.15) is 0 Å². The molecule has 0 aromatic rings. The molecule has 44 valence electrons. The summed E-state index contributed by atoms with van der Waals surface area (Å²) in [5.74, 6) is 0. The van der Waals surface area contributed by atoms with Gasteiger partial charge in [-0.25, -0.2) is 0 Å². The van der Waals surface area contributed by atoms with E-state index in [1.54, 1.807) is 6.34 Å². The predicted molar refractivity (Wildman–Crippen MR) is 36.9 cm³/mol. The van der Waals surface area contributed by atoms with Crippen LogP contribution in [-0.4, -0.2) is 30.1 Å². The van der Waals surface area contributed by atoms with Crippen molar-refractivity contribution in [2.24, 2.45) is 4.99 Å². The SMILES string of the molecule is CN1CN=CNC1=S. The third kappa shape index (κ3) is 0.949. The third-order valence-corrected chi connectivity index (χ3v) is 1.35. The van der Waals surface area contributed by atoms with Gasteiger partial charge in [-0.3, -0.25) is 4.99 Å². The van der Waals surface area contributed by atoms with Gasteiger partial charge in [-0.15, -0.1) is 0 Å². The number of aliphatic imine (C=N–C) groups is 1. The first-order valence-corrected chi connectivity index (χ1v) is 2.71. The Kier molecular flexibility index (Phi) is 1.43. The Morgan fingerprint density at radius 3 is 3.12 bits per heavy atom. The molecule has 1 aliphatic heterocycles. The Morgan fingerprint density at radius 1 is 2.00 bits per heavy atom. The number of thiocarbonyl (C=S) groups is 1. The van der Waals surface area contributed by atoms with Crippen LogP contribution in [0.3, 0.4) is 0 Å². The van der Waals surface area contributed by atoms with E-state index in [1.165, 1.54) is 0 Å². The van der Waals surface area contributed by atoms with Gasteiger partial charge in [-0.2, -0.15) is 0 Å². The highest BCUT2D eigenvalue weighted by molar-refractivity contribution is 7.80. The maximum Gasteiger partial charge on any atom is 0.175 e. The fourth-order valence-electron chi connectivity index (χ4n) is 0.439. The Morgan fingerprint density at radius 2 is 2.75 bits per heavy atom. The van der Waals surface area contributed by atoms with Crippen LogP contribution >= 0.6 is 12.2 Å². The number of hydrogen-bond donors (Lipinski definition) is 1. The van der Waals surface area contributed by atoms with Crippen molar-refractivity contribution in [2.75, 3.05) is 13.7 Å². The van der Waals surface area contributed by atoms with Crippen molar-refractivity contribution in [2.45, 2.75) is 0 Å². The molecular formula is C4H7N3S. The Labute approximate surface area is 53.4 Å². The number of hydrogen-bond acceptors (Lipinski definition) is 2. The summed E-state index contributed by atoms with van der Waals surface area (Å²) in [5, 5.41) is 3.53. The molecule has 0 radical (unpaired) electrons. The van der Waals surface area contributed by atoms with Crippen molar-refractivity contribution in [3.05, 3.63) is 0 Å². The molecule has 3 nitrogen and oxygen atoms in total. The lowest BCUT2D eigenvalue weighted by molar-refractivity contribution is 0.511. The summed E-state index contributed by atoms with van der Waals surface area (Å²) in [4.78, 5) is 5.77. The molecule has 1 aliphatic rings. The van der Waals surface area contributed by atoms with Gasteiger partial charge in [-0.1, -0.05) is 0 Å². The smallest absolute Gasteiger partial charge is 0.175 e. The average Bonchev–Trinajstić information content (AvgIpc) is 1.77. The second kappa shape index (κ2) is 2.09. The summed E-state index contributed by atoms with van der Waals surface area (Å²) in [6, 6.07) is 0. The van der Waals surface area contributed by atoms with E-state index in [4.69, 9.17) is 12.2 Å². The highest BCUT2D eigenvalue weighted by atomic mass is 32.1. The van der Waals surface area contributed by atoms with E-state index in [1.807, 2.05) is 11.9 Å². The highest BCUT2D eigenvalue weighted by Gasteiger charge is 2.02. The van der Waals surface area contributed by atoms with Gasteiger partial charge in [0.15, 0.2) is 5.11 Å². The highest BCUT2D eigenvalue weighted by Crippen LogP contribution is 1.87. The molecule has 0 saturated heterocycles. The summed E-state index contributed by atoms with van der Waals surface area (Å²) in [7, 11) is 1.89. The molecule has 0 fully saturated rings. The van der Waals surface area contributed by atoms with E-state index >= 15 is 0 Å². The lowest BCUT2D eigenvalue weighted by Gasteiger charge is -2.20. The fraction of sp³-hybridized carbons (Fsp3) is 0.500. The van der Waals surface area contributed by atoms with E-state index < -0.39 is 0 Å². The molecule has 0 bridgehead atoms. The second-order valence-corrected chi connectivity index (χ2v) is 1.99. The van der Waals surface area contributed by atoms with E-state index in [9.17, 15) is 0 Å². The van der Waals surface area contributed by atoms with Crippen LogP contribution in [0.2, 0.25) is 0 Å². The molecule has 4 heteroatoms. The van der Waals surface area contributed by atoms with Crippen LogP contribution in [0, 0.1) is 0 Å². The third-order valence-electron chi connectivity index (χ3n) is 0.920. The summed E-state index contributed by atoms with van der Waals surface area (Å²) < 4.78 is 0. The van der Waals surface area contributed by atoms with Crippen molar-refractivity contribution in [1.29, 1.82) is 0 Å². The monoisotopic (exact) mass is 129 g/mol. The lowest BCUT2D eigenvalue weighted by Crippen LogP contribution is -2.40. The molecule has 1 N–H and O–H groups in total. The summed E-state index contributed by atoms with van der Waals surface area (Å²) >= 11 is 4.85. The quantitative estimate of drug-likeness (QED) is 0.459. The Bertz CT molecular complexity index is 131. The summed E-state index contributed by atoms with van der Waals surface area (Å²) in [6.07, 6.45) is 1.61. The van der Waals surface area contributed by atoms with Crippen LogP contribution in [0.25, 0.3) is 0 Å². The second-order valence-electron chi connectivity index (χ2n) is 1.60. The van der Waals surface area contributed by atoms with Gasteiger partial charge in [0.2, 0.25) is 0 Å². The largest absolute Gasteiger partial charge is 0.332 e. The van der Waals surface area contributed by atoms with Crippen LogP contribution in [-0.2, 0) is 0 Å². The van der Waals surface area contributed by atoms with Crippen LogP contribution in [0.4, 0.5) is 0 Å². The summed E-state index contributed by atoms with van der Waals surface area (Å²) in [6.45, 7) is 0.672. The molecule has 0 atom stereocenters. The molecule has 0 aromatic heterocycles. The van der Waals surface area contributed by atoms with Gasteiger partial charge in [0.05, 0.1) is 6.34 Å². The normalized spacial score (nSPS) is 18.6. The molecule has 0 unspecified atom stereocenters. The Balaban J connectivity index is 2.57. The average molecular weight is 129 g/mol. The zero-order valence-electron chi connectivity index (χ0n) is 4.59.